The Bertz CT molecular complexity index is 741. The molecule has 0 amide bonds. The van der Waals surface area contributed by atoms with Crippen LogP contribution in [0.4, 0.5) is 0 Å². The van der Waals surface area contributed by atoms with Gasteiger partial charge in [-0.1, -0.05) is 12.1 Å². The van der Waals surface area contributed by atoms with E-state index >= 15 is 0 Å². The molecule has 0 aliphatic heterocycles. The van der Waals surface area contributed by atoms with E-state index in [1.54, 1.807) is 19.2 Å². The molecule has 2 aromatic rings. The van der Waals surface area contributed by atoms with Crippen LogP contribution in [-0.4, -0.2) is 39.8 Å². The van der Waals surface area contributed by atoms with Gasteiger partial charge in [0.2, 0.25) is 0 Å². The van der Waals surface area contributed by atoms with Crippen molar-refractivity contribution in [2.45, 2.75) is 20.1 Å². The number of ether oxygens (including phenoxy) is 5. The van der Waals surface area contributed by atoms with Gasteiger partial charge in [0.05, 0.1) is 21.3 Å². The molecule has 0 aliphatic carbocycles. The molecular weight excluding hydrogens is 374 g/mol. The molecule has 0 saturated heterocycles. The Morgan fingerprint density at radius 3 is 2.00 bits per heavy atom. The van der Waals surface area contributed by atoms with Gasteiger partial charge in [-0.3, -0.25) is 4.79 Å². The summed E-state index contributed by atoms with van der Waals surface area (Å²) >= 11 is 0. The van der Waals surface area contributed by atoms with Crippen molar-refractivity contribution in [3.63, 3.8) is 0 Å². The third-order valence-electron chi connectivity index (χ3n) is 3.76. The zero-order valence-corrected chi connectivity index (χ0v) is 18.2. The van der Waals surface area contributed by atoms with Crippen LogP contribution in [-0.2, 0) is 4.74 Å². The molecule has 0 aromatic heterocycles. The van der Waals surface area contributed by atoms with Crippen LogP contribution in [0, 0.1) is 0 Å². The third-order valence-corrected chi connectivity index (χ3v) is 4.86. The van der Waals surface area contributed by atoms with Crippen molar-refractivity contribution < 1.29 is 47.3 Å². The summed E-state index contributed by atoms with van der Waals surface area (Å²) in [4.78, 5) is 12.9. The molecule has 0 heterocycles. The second kappa shape index (κ2) is 12.0. The molecule has 2 rings (SSSR count). The van der Waals surface area contributed by atoms with E-state index in [4.69, 9.17) is 23.7 Å². The molecule has 0 saturated carbocycles. The summed E-state index contributed by atoms with van der Waals surface area (Å²) in [5.41, 5.74) is 0.326. The summed E-state index contributed by atoms with van der Waals surface area (Å²) in [6, 6.07) is 10.7. The Hall–Kier alpha value is -1.70. The molecule has 2 unspecified atom stereocenters. The molecule has 0 fully saturated rings. The molecule has 28 heavy (non-hydrogen) atoms. The van der Waals surface area contributed by atoms with Gasteiger partial charge in [0, 0.05) is 18.7 Å². The molecule has 0 spiro atoms. The number of methoxy groups -OCH3 is 3. The first-order valence-corrected chi connectivity index (χ1v) is 9.52. The minimum absolute atomic E-state index is 0. The maximum Gasteiger partial charge on any atom is 1.00 e. The maximum absolute atomic E-state index is 12.9. The average molecular weight is 399 g/mol. The Kier molecular flexibility index (Phi) is 10.4. The van der Waals surface area contributed by atoms with Crippen LogP contribution in [0.1, 0.15) is 24.2 Å². The second-order valence-electron chi connectivity index (χ2n) is 5.53. The van der Waals surface area contributed by atoms with Crippen molar-refractivity contribution in [1.29, 1.82) is 0 Å². The largest absolute Gasteiger partial charge is 1.00 e. The van der Waals surface area contributed by atoms with Crippen LogP contribution >= 0.6 is 8.58 Å². The summed E-state index contributed by atoms with van der Waals surface area (Å²) in [6.45, 7) is 4.34. The first-order chi connectivity index (χ1) is 13.0. The van der Waals surface area contributed by atoms with Crippen molar-refractivity contribution >= 4 is 19.4 Å². The molecule has 8 heteroatoms. The van der Waals surface area contributed by atoms with Gasteiger partial charge < -0.3 is 23.7 Å². The minimum atomic E-state index is -0.322. The van der Waals surface area contributed by atoms with Crippen molar-refractivity contribution in [1.82, 2.24) is 0 Å². The summed E-state index contributed by atoms with van der Waals surface area (Å²) < 4.78 is 26.9. The molecular formula is C20H25LiO6P+. The van der Waals surface area contributed by atoms with Crippen molar-refractivity contribution in [3.8, 4) is 23.0 Å². The zero-order valence-electron chi connectivity index (χ0n) is 17.2. The number of hydrogen-bond donors (Lipinski definition) is 0. The van der Waals surface area contributed by atoms with Gasteiger partial charge in [-0.15, -0.1) is 0 Å². The molecule has 6 nitrogen and oxygen atoms in total. The van der Waals surface area contributed by atoms with E-state index in [2.05, 4.69) is 0 Å². The summed E-state index contributed by atoms with van der Waals surface area (Å²) in [5, 5.41) is 0.885. The van der Waals surface area contributed by atoms with E-state index < -0.39 is 0 Å². The summed E-state index contributed by atoms with van der Waals surface area (Å²) in [7, 11) is 4.49. The first-order valence-electron chi connectivity index (χ1n) is 8.52. The maximum atomic E-state index is 12.9. The smallest absolute Gasteiger partial charge is 0.496 e. The Balaban J connectivity index is 0.00000392. The van der Waals surface area contributed by atoms with Gasteiger partial charge in [0.15, 0.2) is 11.8 Å². The van der Waals surface area contributed by atoms with E-state index in [1.165, 1.54) is 14.2 Å². The van der Waals surface area contributed by atoms with Crippen LogP contribution in [0.25, 0.3) is 0 Å². The predicted octanol–water partition coefficient (Wildman–Crippen LogP) is 0.622. The van der Waals surface area contributed by atoms with E-state index in [1.807, 2.05) is 38.1 Å². The molecule has 2 atom stereocenters. The van der Waals surface area contributed by atoms with Gasteiger partial charge in [0.25, 0.3) is 0 Å². The Morgan fingerprint density at radius 1 is 0.964 bits per heavy atom. The van der Waals surface area contributed by atoms with Crippen LogP contribution in [0.15, 0.2) is 36.4 Å². The number of carbonyl (C=O) groups is 1. The predicted molar refractivity (Wildman–Crippen MR) is 107 cm³/mol. The quantitative estimate of drug-likeness (QED) is 0.332. The number of benzene rings is 2. The average Bonchev–Trinajstić information content (AvgIpc) is 2.68. The van der Waals surface area contributed by atoms with Gasteiger partial charge in [-0.05, 0) is 39.9 Å². The van der Waals surface area contributed by atoms with E-state index in [0.717, 1.165) is 5.30 Å². The summed E-state index contributed by atoms with van der Waals surface area (Å²) in [6.07, 6.45) is -0.322. The SMILES string of the molecule is CCOC(C)Oc1ccc(PC(=O)c2c(OC)cc(OC)cc2OC)cc1.[Li+]. The van der Waals surface area contributed by atoms with Gasteiger partial charge in [-0.2, -0.15) is 0 Å². The van der Waals surface area contributed by atoms with E-state index in [0.29, 0.717) is 35.2 Å². The van der Waals surface area contributed by atoms with Crippen LogP contribution < -0.4 is 43.1 Å². The Morgan fingerprint density at radius 2 is 1.54 bits per heavy atom. The monoisotopic (exact) mass is 399 g/mol. The first kappa shape index (κ1) is 24.3. The number of hydrogen-bond acceptors (Lipinski definition) is 6. The molecule has 0 aliphatic rings. The van der Waals surface area contributed by atoms with Gasteiger partial charge >= 0.3 is 18.9 Å². The van der Waals surface area contributed by atoms with E-state index in [-0.39, 0.29) is 39.3 Å². The third kappa shape index (κ3) is 6.43. The number of carbonyl (C=O) groups excluding carboxylic acids is 1. The zero-order chi connectivity index (χ0) is 19.8. The van der Waals surface area contributed by atoms with Crippen LogP contribution in [0.2, 0.25) is 0 Å². The van der Waals surface area contributed by atoms with Crippen molar-refractivity contribution in [2.24, 2.45) is 0 Å². The molecule has 146 valence electrons. The van der Waals surface area contributed by atoms with Crippen molar-refractivity contribution in [3.05, 3.63) is 42.0 Å². The minimum Gasteiger partial charge on any atom is -0.496 e. The molecule has 0 radical (unpaired) electrons. The molecule has 0 N–H and O–H groups in total. The fourth-order valence-electron chi connectivity index (χ4n) is 2.50. The normalized spacial score (nSPS) is 11.6. The standard InChI is InChI=1S/C20H25O6P.Li/c1-6-25-13(2)26-14-7-9-16(10-8-14)27-20(21)19-17(23-4)11-15(22-3)12-18(19)24-5;/h7-13,27H,6H2,1-5H3;/q;+1. The topological polar surface area (TPSA) is 63.2 Å². The fourth-order valence-corrected chi connectivity index (χ4v) is 3.47. The molecule has 2 aromatic carbocycles. The second-order valence-corrected chi connectivity index (χ2v) is 6.81. The van der Waals surface area contributed by atoms with Crippen molar-refractivity contribution in [2.75, 3.05) is 27.9 Å². The van der Waals surface area contributed by atoms with Gasteiger partial charge in [0.1, 0.15) is 28.6 Å². The van der Waals surface area contributed by atoms with Crippen LogP contribution in [0.3, 0.4) is 0 Å². The fraction of sp³-hybridized carbons (Fsp3) is 0.350. The Labute approximate surface area is 179 Å². The summed E-state index contributed by atoms with van der Waals surface area (Å²) in [5.74, 6) is 2.11. The van der Waals surface area contributed by atoms with Crippen LogP contribution in [0.5, 0.6) is 23.0 Å². The van der Waals surface area contributed by atoms with Gasteiger partial charge in [-0.25, -0.2) is 0 Å². The van der Waals surface area contributed by atoms with E-state index in [9.17, 15) is 4.79 Å². The molecule has 0 bridgehead atoms. The number of rotatable bonds is 10.